The number of hydrogen-bond acceptors (Lipinski definition) is 4. The third kappa shape index (κ3) is 4.92. The number of methoxy groups -OCH3 is 2. The lowest BCUT2D eigenvalue weighted by atomic mass is 10.2. The molecular weight excluding hydrogens is 404 g/mol. The van der Waals surface area contributed by atoms with E-state index in [4.69, 9.17) is 9.47 Å². The van der Waals surface area contributed by atoms with Gasteiger partial charge in [-0.2, -0.15) is 0 Å². The largest absolute Gasteiger partial charge is 0.497 e. The summed E-state index contributed by atoms with van der Waals surface area (Å²) in [6.07, 6.45) is 4.21. The topological polar surface area (TPSA) is 24.9 Å². The molecule has 0 aliphatic carbocycles. The molecule has 0 radical (unpaired) electrons. The summed E-state index contributed by atoms with van der Waals surface area (Å²) in [4.78, 5) is 6.41. The molecule has 1 unspecified atom stereocenters. The fourth-order valence-electron chi connectivity index (χ4n) is 3.82. The van der Waals surface area contributed by atoms with E-state index in [0.717, 1.165) is 43.6 Å². The van der Waals surface area contributed by atoms with E-state index in [2.05, 4.69) is 69.8 Å². The molecule has 1 saturated heterocycles. The van der Waals surface area contributed by atoms with Crippen molar-refractivity contribution in [2.24, 2.45) is 0 Å². The number of halogens is 1. The number of anilines is 1. The third-order valence-electron chi connectivity index (χ3n) is 5.36. The van der Waals surface area contributed by atoms with Gasteiger partial charge in [0.05, 0.1) is 14.2 Å². The van der Waals surface area contributed by atoms with E-state index in [-0.39, 0.29) is 12.4 Å². The highest BCUT2D eigenvalue weighted by atomic mass is 35.5. The number of benzene rings is 2. The van der Waals surface area contributed by atoms with Crippen molar-refractivity contribution in [2.75, 3.05) is 45.3 Å². The Balaban J connectivity index is 0.00000240. The van der Waals surface area contributed by atoms with Crippen molar-refractivity contribution in [3.8, 4) is 5.75 Å². The van der Waals surface area contributed by atoms with Gasteiger partial charge in [-0.15, -0.1) is 23.3 Å². The zero-order valence-electron chi connectivity index (χ0n) is 17.0. The lowest BCUT2D eigenvalue weighted by Crippen LogP contribution is -2.46. The standard InChI is InChI=1S/C23H28N2O2S.ClH/c1-26-21-9-5-8-20(17-21)25-14-12-24(13-15-25)18-19-7-3-4-10-22(19)28-16-6-11-23(28)27-2;/h3-11,16-17,28H,12-15,18H2,1-2H3;1H. The first-order chi connectivity index (χ1) is 13.8. The van der Waals surface area contributed by atoms with Crippen LogP contribution < -0.4 is 9.64 Å². The second kappa shape index (κ2) is 10.1. The molecule has 156 valence electrons. The van der Waals surface area contributed by atoms with Crippen LogP contribution in [0.1, 0.15) is 5.56 Å². The van der Waals surface area contributed by atoms with Gasteiger partial charge in [0.2, 0.25) is 0 Å². The second-order valence-corrected chi connectivity index (χ2v) is 8.97. The summed E-state index contributed by atoms with van der Waals surface area (Å²) >= 11 is 0. The second-order valence-electron chi connectivity index (χ2n) is 7.01. The van der Waals surface area contributed by atoms with Crippen LogP contribution in [-0.2, 0) is 11.3 Å². The van der Waals surface area contributed by atoms with E-state index in [1.165, 1.54) is 16.1 Å². The lowest BCUT2D eigenvalue weighted by molar-refractivity contribution is 0.248. The van der Waals surface area contributed by atoms with E-state index in [9.17, 15) is 0 Å². The molecule has 2 aliphatic heterocycles. The predicted octanol–water partition coefficient (Wildman–Crippen LogP) is 4.81. The van der Waals surface area contributed by atoms with Gasteiger partial charge in [0, 0.05) is 49.4 Å². The van der Waals surface area contributed by atoms with Gasteiger partial charge in [0.1, 0.15) is 10.8 Å². The number of piperazine rings is 1. The SMILES string of the molecule is COC1=CC=C[SH]1c1ccccc1CN1CCN(c2cccc(OC)c2)CC1.Cl. The first kappa shape index (κ1) is 21.6. The molecule has 2 heterocycles. The van der Waals surface area contributed by atoms with E-state index in [1.54, 1.807) is 14.2 Å². The molecule has 29 heavy (non-hydrogen) atoms. The van der Waals surface area contributed by atoms with Crippen molar-refractivity contribution >= 4 is 29.0 Å². The highest BCUT2D eigenvalue weighted by Gasteiger charge is 2.21. The lowest BCUT2D eigenvalue weighted by Gasteiger charge is -2.36. The molecule has 0 N–H and O–H groups in total. The average Bonchev–Trinajstić information content (AvgIpc) is 3.23. The Morgan fingerprint density at radius 2 is 1.72 bits per heavy atom. The molecule has 0 bridgehead atoms. The Kier molecular flexibility index (Phi) is 7.53. The maximum absolute atomic E-state index is 5.60. The minimum absolute atomic E-state index is 0. The first-order valence-electron chi connectivity index (χ1n) is 9.69. The van der Waals surface area contributed by atoms with Crippen molar-refractivity contribution in [1.82, 2.24) is 4.90 Å². The molecule has 0 amide bonds. The zero-order chi connectivity index (χ0) is 19.3. The highest BCUT2D eigenvalue weighted by molar-refractivity contribution is 8.23. The normalized spacial score (nSPS) is 20.1. The minimum Gasteiger partial charge on any atom is -0.497 e. The van der Waals surface area contributed by atoms with Crippen molar-refractivity contribution in [1.29, 1.82) is 0 Å². The van der Waals surface area contributed by atoms with Crippen molar-refractivity contribution < 1.29 is 9.47 Å². The van der Waals surface area contributed by atoms with E-state index in [0.29, 0.717) is 0 Å². The van der Waals surface area contributed by atoms with Crippen LogP contribution in [0.15, 0.2) is 76.1 Å². The molecule has 2 aliphatic rings. The quantitative estimate of drug-likeness (QED) is 0.662. The molecule has 4 nitrogen and oxygen atoms in total. The summed E-state index contributed by atoms with van der Waals surface area (Å²) in [5.74, 6) is 0.919. The average molecular weight is 433 g/mol. The van der Waals surface area contributed by atoms with Crippen LogP contribution in [0, 0.1) is 0 Å². The molecule has 0 saturated carbocycles. The van der Waals surface area contributed by atoms with Gasteiger partial charge in [-0.1, -0.05) is 30.3 Å². The van der Waals surface area contributed by atoms with Gasteiger partial charge in [-0.3, -0.25) is 4.90 Å². The number of nitrogens with zero attached hydrogens (tertiary/aromatic N) is 2. The molecule has 2 aromatic carbocycles. The van der Waals surface area contributed by atoms with Gasteiger partial charge < -0.3 is 14.4 Å². The molecule has 4 rings (SSSR count). The van der Waals surface area contributed by atoms with Gasteiger partial charge in [-0.25, -0.2) is 0 Å². The van der Waals surface area contributed by atoms with Crippen LogP contribution in [0.2, 0.25) is 0 Å². The molecule has 0 spiro atoms. The zero-order valence-corrected chi connectivity index (χ0v) is 18.7. The van der Waals surface area contributed by atoms with Crippen LogP contribution in [-0.4, -0.2) is 45.3 Å². The predicted molar refractivity (Wildman–Crippen MR) is 126 cm³/mol. The van der Waals surface area contributed by atoms with Gasteiger partial charge in [-0.05, 0) is 35.2 Å². The number of thiol groups is 1. The van der Waals surface area contributed by atoms with Crippen LogP contribution in [0.4, 0.5) is 5.69 Å². The summed E-state index contributed by atoms with van der Waals surface area (Å²) in [5, 5.41) is 3.37. The first-order valence-corrected chi connectivity index (χ1v) is 11.1. The maximum atomic E-state index is 5.60. The van der Waals surface area contributed by atoms with Crippen molar-refractivity contribution in [3.63, 3.8) is 0 Å². The smallest absolute Gasteiger partial charge is 0.140 e. The molecule has 0 aromatic heterocycles. The monoisotopic (exact) mass is 432 g/mol. The van der Waals surface area contributed by atoms with Crippen molar-refractivity contribution in [2.45, 2.75) is 11.4 Å². The van der Waals surface area contributed by atoms with Gasteiger partial charge >= 0.3 is 0 Å². The number of ether oxygens (including phenoxy) is 2. The van der Waals surface area contributed by atoms with Crippen LogP contribution in [0.25, 0.3) is 0 Å². The molecule has 2 aromatic rings. The van der Waals surface area contributed by atoms with E-state index in [1.807, 2.05) is 6.07 Å². The molecule has 6 heteroatoms. The summed E-state index contributed by atoms with van der Waals surface area (Å²) in [6, 6.07) is 17.2. The van der Waals surface area contributed by atoms with Gasteiger partial charge in [0.25, 0.3) is 0 Å². The Morgan fingerprint density at radius 1 is 0.931 bits per heavy atom. The Labute approximate surface area is 182 Å². The van der Waals surface area contributed by atoms with Crippen molar-refractivity contribution in [3.05, 3.63) is 76.7 Å². The van der Waals surface area contributed by atoms with Crippen LogP contribution >= 0.6 is 23.3 Å². The Hall–Kier alpha value is -2.08. The number of allylic oxidation sites excluding steroid dienone is 2. The van der Waals surface area contributed by atoms with Crippen LogP contribution in [0.3, 0.4) is 0 Å². The highest BCUT2D eigenvalue weighted by Crippen LogP contribution is 2.50. The summed E-state index contributed by atoms with van der Waals surface area (Å²) in [6.45, 7) is 5.19. The maximum Gasteiger partial charge on any atom is 0.140 e. The summed E-state index contributed by atoms with van der Waals surface area (Å²) in [5.41, 5.74) is 2.66. The van der Waals surface area contributed by atoms with Crippen LogP contribution in [0.5, 0.6) is 5.75 Å². The minimum atomic E-state index is -0.495. The molecule has 1 fully saturated rings. The van der Waals surface area contributed by atoms with E-state index >= 15 is 0 Å². The number of hydrogen-bond donors (Lipinski definition) is 1. The Bertz CT molecular complexity index is 879. The van der Waals surface area contributed by atoms with E-state index < -0.39 is 10.9 Å². The van der Waals surface area contributed by atoms with Gasteiger partial charge in [0.15, 0.2) is 0 Å². The number of rotatable bonds is 6. The molecular formula is C23H29ClN2O2S. The summed E-state index contributed by atoms with van der Waals surface area (Å²) < 4.78 is 11.0. The fourth-order valence-corrected chi connectivity index (χ4v) is 5.77. The third-order valence-corrected chi connectivity index (χ3v) is 7.59. The molecule has 1 atom stereocenters. The Morgan fingerprint density at radius 3 is 2.48 bits per heavy atom. The summed E-state index contributed by atoms with van der Waals surface area (Å²) in [7, 11) is 3.00. The fraction of sp³-hybridized carbons (Fsp3) is 0.304.